The Morgan fingerprint density at radius 3 is 2.22 bits per heavy atom. The summed E-state index contributed by atoms with van der Waals surface area (Å²) in [4.78, 5) is 0. The van der Waals surface area contributed by atoms with Crippen molar-refractivity contribution in [2.75, 3.05) is 7.11 Å². The van der Waals surface area contributed by atoms with Gasteiger partial charge in [0.05, 0.1) is 7.11 Å². The van der Waals surface area contributed by atoms with Crippen molar-refractivity contribution in [2.45, 2.75) is 39.5 Å². The normalized spacial score (nSPS) is 20.0. The number of allylic oxidation sites excluding steroid dienone is 1. The Bertz CT molecular complexity index is 390. The molecule has 0 aliphatic heterocycles. The largest absolute Gasteiger partial charge is 0.497 e. The van der Waals surface area contributed by atoms with E-state index in [0.717, 1.165) is 17.6 Å². The first kappa shape index (κ1) is 13.2. The molecule has 1 aliphatic carbocycles. The molecule has 1 nitrogen and oxygen atoms in total. The van der Waals surface area contributed by atoms with Crippen molar-refractivity contribution in [3.05, 3.63) is 35.4 Å². The number of hydrogen-bond donors (Lipinski definition) is 0. The molecule has 1 saturated carbocycles. The zero-order chi connectivity index (χ0) is 13.0. The van der Waals surface area contributed by atoms with Crippen LogP contribution in [0.1, 0.15) is 45.1 Å². The average Bonchev–Trinajstić information content (AvgIpc) is 2.40. The van der Waals surface area contributed by atoms with E-state index in [1.807, 2.05) is 12.1 Å². The number of hydrogen-bond acceptors (Lipinski definition) is 1. The fourth-order valence-electron chi connectivity index (χ4n) is 2.76. The lowest BCUT2D eigenvalue weighted by Gasteiger charge is -2.27. The zero-order valence-electron chi connectivity index (χ0n) is 11.8. The molecule has 1 aliphatic rings. The van der Waals surface area contributed by atoms with Gasteiger partial charge in [0.25, 0.3) is 0 Å². The van der Waals surface area contributed by atoms with Crippen molar-refractivity contribution in [1.82, 2.24) is 0 Å². The second kappa shape index (κ2) is 6.08. The molecule has 0 bridgehead atoms. The topological polar surface area (TPSA) is 9.23 Å². The molecule has 1 heteroatoms. The molecule has 0 N–H and O–H groups in total. The van der Waals surface area contributed by atoms with Gasteiger partial charge >= 0.3 is 0 Å². The fraction of sp³-hybridized carbons (Fsp3) is 0.529. The minimum absolute atomic E-state index is 0.840. The monoisotopic (exact) mass is 244 g/mol. The van der Waals surface area contributed by atoms with Gasteiger partial charge < -0.3 is 4.74 Å². The molecular formula is C17H24O. The summed E-state index contributed by atoms with van der Waals surface area (Å²) >= 11 is 0. The van der Waals surface area contributed by atoms with Crippen LogP contribution in [0.25, 0.3) is 6.08 Å². The molecule has 1 aromatic carbocycles. The van der Waals surface area contributed by atoms with Crippen LogP contribution in [0.15, 0.2) is 29.8 Å². The quantitative estimate of drug-likeness (QED) is 0.733. The molecule has 0 spiro atoms. The third-order valence-electron chi connectivity index (χ3n) is 4.10. The van der Waals surface area contributed by atoms with E-state index in [4.69, 9.17) is 4.74 Å². The van der Waals surface area contributed by atoms with Crippen molar-refractivity contribution < 1.29 is 4.74 Å². The highest BCUT2D eigenvalue weighted by Gasteiger charge is 2.18. The molecule has 2 rings (SSSR count). The highest BCUT2D eigenvalue weighted by atomic mass is 16.5. The van der Waals surface area contributed by atoms with Gasteiger partial charge in [0, 0.05) is 0 Å². The predicted molar refractivity (Wildman–Crippen MR) is 77.8 cm³/mol. The minimum Gasteiger partial charge on any atom is -0.497 e. The van der Waals surface area contributed by atoms with E-state index in [2.05, 4.69) is 32.1 Å². The molecule has 1 fully saturated rings. The maximum absolute atomic E-state index is 5.18. The molecule has 0 radical (unpaired) electrons. The summed E-state index contributed by atoms with van der Waals surface area (Å²) in [7, 11) is 1.71. The molecular weight excluding hydrogens is 220 g/mol. The standard InChI is InChI=1S/C17H24O/c1-13(2)16-8-4-14(5-9-16)12-15-6-10-17(18-3)11-7-15/h6-7,10-13,16H,4-5,8-9H2,1-3H3. The Kier molecular flexibility index (Phi) is 4.46. The van der Waals surface area contributed by atoms with Crippen molar-refractivity contribution in [1.29, 1.82) is 0 Å². The van der Waals surface area contributed by atoms with Crippen molar-refractivity contribution >= 4 is 6.08 Å². The third kappa shape index (κ3) is 3.38. The lowest BCUT2D eigenvalue weighted by molar-refractivity contribution is 0.312. The molecule has 18 heavy (non-hydrogen) atoms. The van der Waals surface area contributed by atoms with Crippen molar-refractivity contribution in [3.8, 4) is 5.75 Å². The maximum atomic E-state index is 5.18. The molecule has 0 amide bonds. The molecule has 1 aromatic rings. The first-order chi connectivity index (χ1) is 8.69. The second-order valence-electron chi connectivity index (χ2n) is 5.66. The highest BCUT2D eigenvalue weighted by Crippen LogP contribution is 2.33. The Morgan fingerprint density at radius 2 is 1.72 bits per heavy atom. The lowest BCUT2D eigenvalue weighted by atomic mass is 9.79. The van der Waals surface area contributed by atoms with Crippen LogP contribution in [-0.4, -0.2) is 7.11 Å². The van der Waals surface area contributed by atoms with Gasteiger partial charge in [-0.05, 0) is 55.2 Å². The van der Waals surface area contributed by atoms with E-state index >= 15 is 0 Å². The Labute approximate surface area is 111 Å². The Balaban J connectivity index is 1.97. The van der Waals surface area contributed by atoms with Crippen molar-refractivity contribution in [2.24, 2.45) is 11.8 Å². The average molecular weight is 244 g/mol. The Morgan fingerprint density at radius 1 is 1.11 bits per heavy atom. The van der Waals surface area contributed by atoms with Gasteiger partial charge in [0.15, 0.2) is 0 Å². The summed E-state index contributed by atoms with van der Waals surface area (Å²) < 4.78 is 5.18. The predicted octanol–water partition coefficient (Wildman–Crippen LogP) is 4.92. The maximum Gasteiger partial charge on any atom is 0.118 e. The van der Waals surface area contributed by atoms with Crippen LogP contribution in [0.3, 0.4) is 0 Å². The smallest absolute Gasteiger partial charge is 0.118 e. The van der Waals surface area contributed by atoms with E-state index in [9.17, 15) is 0 Å². The van der Waals surface area contributed by atoms with E-state index in [1.54, 1.807) is 12.7 Å². The number of ether oxygens (including phenoxy) is 1. The van der Waals surface area contributed by atoms with Gasteiger partial charge in [-0.3, -0.25) is 0 Å². The van der Waals surface area contributed by atoms with Crippen LogP contribution in [0.5, 0.6) is 5.75 Å². The van der Waals surface area contributed by atoms with Crippen LogP contribution in [0.4, 0.5) is 0 Å². The first-order valence-corrected chi connectivity index (χ1v) is 7.02. The lowest BCUT2D eigenvalue weighted by Crippen LogP contribution is -2.13. The molecule has 0 unspecified atom stereocenters. The van der Waals surface area contributed by atoms with Gasteiger partial charge in [-0.25, -0.2) is 0 Å². The summed E-state index contributed by atoms with van der Waals surface area (Å²) in [5.74, 6) is 2.70. The van der Waals surface area contributed by atoms with Gasteiger partial charge in [0.2, 0.25) is 0 Å². The number of benzene rings is 1. The summed E-state index contributed by atoms with van der Waals surface area (Å²) in [6.45, 7) is 4.70. The van der Waals surface area contributed by atoms with E-state index in [-0.39, 0.29) is 0 Å². The van der Waals surface area contributed by atoms with Gasteiger partial charge in [0.1, 0.15) is 5.75 Å². The number of rotatable bonds is 3. The Hall–Kier alpha value is -1.24. The van der Waals surface area contributed by atoms with Gasteiger partial charge in [-0.2, -0.15) is 0 Å². The molecule has 0 atom stereocenters. The first-order valence-electron chi connectivity index (χ1n) is 7.02. The second-order valence-corrected chi connectivity index (χ2v) is 5.66. The third-order valence-corrected chi connectivity index (χ3v) is 4.10. The fourth-order valence-corrected chi connectivity index (χ4v) is 2.76. The minimum atomic E-state index is 0.840. The molecule has 0 aromatic heterocycles. The summed E-state index contributed by atoms with van der Waals surface area (Å²) in [5.41, 5.74) is 2.91. The molecule has 0 heterocycles. The van der Waals surface area contributed by atoms with Crippen LogP contribution in [-0.2, 0) is 0 Å². The summed E-state index contributed by atoms with van der Waals surface area (Å²) in [5, 5.41) is 0. The number of methoxy groups -OCH3 is 1. The van der Waals surface area contributed by atoms with E-state index in [0.29, 0.717) is 0 Å². The SMILES string of the molecule is COc1ccc(C=C2CCC(C(C)C)CC2)cc1. The van der Waals surface area contributed by atoms with Gasteiger partial charge in [-0.1, -0.05) is 37.6 Å². The zero-order valence-corrected chi connectivity index (χ0v) is 11.8. The van der Waals surface area contributed by atoms with Crippen LogP contribution < -0.4 is 4.74 Å². The van der Waals surface area contributed by atoms with Crippen LogP contribution in [0, 0.1) is 11.8 Å². The van der Waals surface area contributed by atoms with E-state index in [1.165, 1.54) is 31.2 Å². The summed E-state index contributed by atoms with van der Waals surface area (Å²) in [6, 6.07) is 8.35. The van der Waals surface area contributed by atoms with Crippen LogP contribution >= 0.6 is 0 Å². The van der Waals surface area contributed by atoms with Gasteiger partial charge in [-0.15, -0.1) is 0 Å². The van der Waals surface area contributed by atoms with Crippen molar-refractivity contribution in [3.63, 3.8) is 0 Å². The van der Waals surface area contributed by atoms with Crippen LogP contribution in [0.2, 0.25) is 0 Å². The molecule has 0 saturated heterocycles. The van der Waals surface area contributed by atoms with E-state index < -0.39 is 0 Å². The summed E-state index contributed by atoms with van der Waals surface area (Å²) in [6.07, 6.45) is 7.62. The highest BCUT2D eigenvalue weighted by molar-refractivity contribution is 5.54. The molecule has 98 valence electrons.